The maximum absolute atomic E-state index is 12.7. The first kappa shape index (κ1) is 18.9. The number of hydrogen-bond donors (Lipinski definition) is 1. The Hall–Kier alpha value is -1.39. The van der Waals surface area contributed by atoms with Crippen LogP contribution in [0.5, 0.6) is 0 Å². The van der Waals surface area contributed by atoms with Crippen molar-refractivity contribution in [1.29, 1.82) is 0 Å². The second-order valence-corrected chi connectivity index (χ2v) is 8.90. The lowest BCUT2D eigenvalue weighted by atomic mass is 9.79. The zero-order chi connectivity index (χ0) is 18.5. The van der Waals surface area contributed by atoms with Crippen LogP contribution in [0.15, 0.2) is 30.3 Å². The number of carbonyl (C=O) groups is 1. The Bertz CT molecular complexity index is 605. The van der Waals surface area contributed by atoms with Gasteiger partial charge >= 0.3 is 0 Å². The van der Waals surface area contributed by atoms with Gasteiger partial charge in [0.1, 0.15) is 0 Å². The summed E-state index contributed by atoms with van der Waals surface area (Å²) in [7, 11) is 0. The normalized spacial score (nSPS) is 26.3. The molecule has 1 aliphatic carbocycles. The van der Waals surface area contributed by atoms with Gasteiger partial charge in [-0.1, -0.05) is 43.2 Å². The van der Waals surface area contributed by atoms with E-state index in [9.17, 15) is 4.79 Å². The number of carbonyl (C=O) groups excluding carboxylic acids is 1. The molecule has 4 heteroatoms. The molecule has 3 aliphatic rings. The van der Waals surface area contributed by atoms with Gasteiger partial charge in [0.25, 0.3) is 0 Å². The molecule has 0 bridgehead atoms. The summed E-state index contributed by atoms with van der Waals surface area (Å²) in [6.07, 6.45) is 10.1. The maximum atomic E-state index is 12.7. The van der Waals surface area contributed by atoms with Crippen molar-refractivity contribution in [3.8, 4) is 0 Å². The molecule has 3 fully saturated rings. The summed E-state index contributed by atoms with van der Waals surface area (Å²) in [6, 6.07) is 11.5. The lowest BCUT2D eigenvalue weighted by Crippen LogP contribution is -2.50. The second kappa shape index (κ2) is 8.74. The average molecular weight is 370 g/mol. The molecule has 0 aromatic heterocycles. The molecule has 2 heterocycles. The van der Waals surface area contributed by atoms with E-state index in [1.54, 1.807) is 0 Å². The van der Waals surface area contributed by atoms with Crippen molar-refractivity contribution in [3.63, 3.8) is 0 Å². The Morgan fingerprint density at radius 3 is 2.48 bits per heavy atom. The van der Waals surface area contributed by atoms with Gasteiger partial charge in [0.2, 0.25) is 5.91 Å². The van der Waals surface area contributed by atoms with Crippen molar-refractivity contribution in [2.45, 2.75) is 62.8 Å². The van der Waals surface area contributed by atoms with Gasteiger partial charge in [-0.2, -0.15) is 0 Å². The molecule has 4 rings (SSSR count). The van der Waals surface area contributed by atoms with Crippen LogP contribution in [-0.2, 0) is 10.2 Å². The molecule has 2 saturated heterocycles. The number of amides is 1. The number of piperidine rings is 1. The third kappa shape index (κ3) is 4.55. The van der Waals surface area contributed by atoms with Crippen molar-refractivity contribution in [2.75, 3.05) is 39.3 Å². The maximum Gasteiger partial charge on any atom is 0.234 e. The summed E-state index contributed by atoms with van der Waals surface area (Å²) < 4.78 is 0. The van der Waals surface area contributed by atoms with Gasteiger partial charge in [0.05, 0.1) is 6.54 Å². The van der Waals surface area contributed by atoms with E-state index in [0.29, 0.717) is 12.6 Å². The Kier molecular flexibility index (Phi) is 6.14. The van der Waals surface area contributed by atoms with Crippen LogP contribution in [-0.4, -0.2) is 61.0 Å². The van der Waals surface area contributed by atoms with Gasteiger partial charge in [0.15, 0.2) is 0 Å². The van der Waals surface area contributed by atoms with E-state index < -0.39 is 0 Å². The average Bonchev–Trinajstić information content (AvgIpc) is 3.40. The van der Waals surface area contributed by atoms with Crippen LogP contribution in [0.4, 0.5) is 0 Å². The quantitative estimate of drug-likeness (QED) is 0.837. The summed E-state index contributed by atoms with van der Waals surface area (Å²) in [5, 5.41) is 3.30. The minimum Gasteiger partial charge on any atom is -0.354 e. The van der Waals surface area contributed by atoms with Gasteiger partial charge < -0.3 is 5.32 Å². The number of hydrogen-bond acceptors (Lipinski definition) is 3. The van der Waals surface area contributed by atoms with Crippen LogP contribution in [0.3, 0.4) is 0 Å². The molecule has 0 radical (unpaired) electrons. The van der Waals surface area contributed by atoms with E-state index in [4.69, 9.17) is 0 Å². The van der Waals surface area contributed by atoms with Gasteiger partial charge in [-0.25, -0.2) is 0 Å². The molecule has 148 valence electrons. The fourth-order valence-electron chi connectivity index (χ4n) is 5.52. The van der Waals surface area contributed by atoms with E-state index in [2.05, 4.69) is 45.4 Å². The highest BCUT2D eigenvalue weighted by Gasteiger charge is 2.36. The number of nitrogens with zero attached hydrogens (tertiary/aromatic N) is 2. The van der Waals surface area contributed by atoms with Crippen molar-refractivity contribution in [3.05, 3.63) is 35.9 Å². The number of likely N-dealkylation sites (tertiary alicyclic amines) is 2. The molecule has 1 N–H and O–H groups in total. The van der Waals surface area contributed by atoms with E-state index in [1.807, 2.05) is 0 Å². The Morgan fingerprint density at radius 1 is 1.00 bits per heavy atom. The second-order valence-electron chi connectivity index (χ2n) is 8.90. The highest BCUT2D eigenvalue weighted by Crippen LogP contribution is 2.40. The van der Waals surface area contributed by atoms with Crippen LogP contribution in [0.2, 0.25) is 0 Å². The smallest absolute Gasteiger partial charge is 0.234 e. The van der Waals surface area contributed by atoms with Crippen LogP contribution in [0, 0.1) is 0 Å². The van der Waals surface area contributed by atoms with Crippen molar-refractivity contribution < 1.29 is 4.79 Å². The fourth-order valence-corrected chi connectivity index (χ4v) is 5.52. The molecule has 1 unspecified atom stereocenters. The number of benzene rings is 1. The molecule has 27 heavy (non-hydrogen) atoms. The predicted molar refractivity (Wildman–Crippen MR) is 110 cm³/mol. The first-order valence-corrected chi connectivity index (χ1v) is 11.0. The van der Waals surface area contributed by atoms with Gasteiger partial charge in [-0.3, -0.25) is 14.6 Å². The zero-order valence-corrected chi connectivity index (χ0v) is 16.7. The highest BCUT2D eigenvalue weighted by molar-refractivity contribution is 5.78. The largest absolute Gasteiger partial charge is 0.354 e. The van der Waals surface area contributed by atoms with Gasteiger partial charge in [-0.15, -0.1) is 0 Å². The lowest BCUT2D eigenvalue weighted by Gasteiger charge is -2.37. The zero-order valence-electron chi connectivity index (χ0n) is 16.7. The van der Waals surface area contributed by atoms with E-state index in [0.717, 1.165) is 19.6 Å². The topological polar surface area (TPSA) is 35.6 Å². The third-order valence-electron chi connectivity index (χ3n) is 7.08. The summed E-state index contributed by atoms with van der Waals surface area (Å²) in [6.45, 7) is 6.00. The molecule has 2 aliphatic heterocycles. The molecule has 1 atom stereocenters. The first-order chi connectivity index (χ1) is 13.3. The molecule has 1 aromatic rings. The summed E-state index contributed by atoms with van der Waals surface area (Å²) in [5.41, 5.74) is 1.55. The van der Waals surface area contributed by atoms with Gasteiger partial charge in [0, 0.05) is 24.5 Å². The van der Waals surface area contributed by atoms with Crippen molar-refractivity contribution in [2.24, 2.45) is 0 Å². The standard InChI is InChI=1S/C23H35N3O/c27-22(18-25-14-8-11-21(17-25)26-15-6-7-16-26)24-19-23(12-4-5-13-23)20-9-2-1-3-10-20/h1-3,9-10,21H,4-8,11-19H2,(H,24,27). The fraction of sp³-hybridized carbons (Fsp3) is 0.696. The van der Waals surface area contributed by atoms with Crippen LogP contribution >= 0.6 is 0 Å². The predicted octanol–water partition coefficient (Wildman–Crippen LogP) is 3.17. The Morgan fingerprint density at radius 2 is 1.74 bits per heavy atom. The summed E-state index contributed by atoms with van der Waals surface area (Å²) >= 11 is 0. The van der Waals surface area contributed by atoms with Crippen LogP contribution in [0.1, 0.15) is 56.9 Å². The molecule has 0 spiro atoms. The summed E-state index contributed by atoms with van der Waals surface area (Å²) in [4.78, 5) is 17.7. The molecular weight excluding hydrogens is 334 g/mol. The lowest BCUT2D eigenvalue weighted by molar-refractivity contribution is -0.123. The molecule has 4 nitrogen and oxygen atoms in total. The number of rotatable bonds is 6. The Balaban J connectivity index is 1.30. The van der Waals surface area contributed by atoms with Crippen LogP contribution in [0.25, 0.3) is 0 Å². The van der Waals surface area contributed by atoms with Crippen LogP contribution < -0.4 is 5.32 Å². The highest BCUT2D eigenvalue weighted by atomic mass is 16.2. The van der Waals surface area contributed by atoms with E-state index in [-0.39, 0.29) is 11.3 Å². The van der Waals surface area contributed by atoms with Gasteiger partial charge in [-0.05, 0) is 63.7 Å². The molecule has 1 amide bonds. The minimum atomic E-state index is 0.150. The van der Waals surface area contributed by atoms with Crippen molar-refractivity contribution >= 4 is 5.91 Å². The van der Waals surface area contributed by atoms with E-state index >= 15 is 0 Å². The minimum absolute atomic E-state index is 0.150. The molecule has 1 aromatic carbocycles. The SMILES string of the molecule is O=C(CN1CCCC(N2CCCC2)C1)NCC1(c2ccccc2)CCCC1. The van der Waals surface area contributed by atoms with Crippen molar-refractivity contribution in [1.82, 2.24) is 15.1 Å². The third-order valence-corrected chi connectivity index (χ3v) is 7.08. The molecular formula is C23H35N3O. The summed E-state index contributed by atoms with van der Waals surface area (Å²) in [5.74, 6) is 0.208. The molecule has 1 saturated carbocycles. The number of nitrogens with one attached hydrogen (secondary N) is 1. The monoisotopic (exact) mass is 369 g/mol. The Labute approximate surface area is 164 Å². The first-order valence-electron chi connectivity index (χ1n) is 11.0. The van der Waals surface area contributed by atoms with E-state index in [1.165, 1.54) is 70.0 Å².